The zero-order chi connectivity index (χ0) is 14.4. The van der Waals surface area contributed by atoms with Crippen molar-refractivity contribution in [2.75, 3.05) is 0 Å². The van der Waals surface area contributed by atoms with Gasteiger partial charge in [0, 0.05) is 0 Å². The maximum atomic E-state index is 10.1. The van der Waals surface area contributed by atoms with Gasteiger partial charge in [0.15, 0.2) is 0 Å². The standard InChI is InChI=1S/C18H28O2/c1-2-6-17(19)16-9-5-7-14(13-16)11-12-15-8-3-4-10-18(15)20/h5,7,9,13,15,17-20H,2-4,6,8,10-12H2,1H3. The van der Waals surface area contributed by atoms with Crippen LogP contribution in [0.3, 0.4) is 0 Å². The van der Waals surface area contributed by atoms with Crippen LogP contribution in [0.15, 0.2) is 24.3 Å². The molecule has 1 aromatic carbocycles. The van der Waals surface area contributed by atoms with E-state index in [0.717, 1.165) is 37.7 Å². The first-order valence-electron chi connectivity index (χ1n) is 8.15. The Morgan fingerprint density at radius 1 is 1.25 bits per heavy atom. The lowest BCUT2D eigenvalue weighted by Crippen LogP contribution is -2.24. The molecule has 0 spiro atoms. The summed E-state index contributed by atoms with van der Waals surface area (Å²) < 4.78 is 0. The highest BCUT2D eigenvalue weighted by Gasteiger charge is 2.22. The van der Waals surface area contributed by atoms with Crippen molar-refractivity contribution < 1.29 is 10.2 Å². The van der Waals surface area contributed by atoms with Gasteiger partial charge in [0.25, 0.3) is 0 Å². The molecule has 3 unspecified atom stereocenters. The minimum Gasteiger partial charge on any atom is -0.393 e. The molecule has 0 heterocycles. The summed E-state index contributed by atoms with van der Waals surface area (Å²) in [6, 6.07) is 8.33. The molecule has 2 nitrogen and oxygen atoms in total. The van der Waals surface area contributed by atoms with E-state index in [1.165, 1.54) is 24.8 Å². The predicted octanol–water partition coefficient (Wildman–Crippen LogP) is 4.00. The molecule has 1 saturated carbocycles. The van der Waals surface area contributed by atoms with Crippen LogP contribution in [0.4, 0.5) is 0 Å². The Morgan fingerprint density at radius 2 is 2.05 bits per heavy atom. The van der Waals surface area contributed by atoms with Gasteiger partial charge >= 0.3 is 0 Å². The first kappa shape index (κ1) is 15.5. The molecule has 1 fully saturated rings. The number of aryl methyl sites for hydroxylation is 1. The molecule has 3 atom stereocenters. The number of aliphatic hydroxyl groups excluding tert-OH is 2. The van der Waals surface area contributed by atoms with Crippen molar-refractivity contribution in [2.24, 2.45) is 5.92 Å². The van der Waals surface area contributed by atoms with E-state index >= 15 is 0 Å². The summed E-state index contributed by atoms with van der Waals surface area (Å²) in [5.74, 6) is 0.466. The lowest BCUT2D eigenvalue weighted by Gasteiger charge is -2.27. The summed E-state index contributed by atoms with van der Waals surface area (Å²) in [5.41, 5.74) is 2.32. The van der Waals surface area contributed by atoms with Crippen LogP contribution in [0, 0.1) is 5.92 Å². The molecule has 2 N–H and O–H groups in total. The molecular formula is C18H28O2. The summed E-state index contributed by atoms with van der Waals surface area (Å²) in [6.07, 6.45) is 8.04. The maximum Gasteiger partial charge on any atom is 0.0790 e. The molecule has 2 rings (SSSR count). The van der Waals surface area contributed by atoms with E-state index < -0.39 is 0 Å². The average Bonchev–Trinajstić information content (AvgIpc) is 2.47. The fraction of sp³-hybridized carbons (Fsp3) is 0.667. The third kappa shape index (κ3) is 4.32. The number of hydrogen-bond acceptors (Lipinski definition) is 2. The van der Waals surface area contributed by atoms with Crippen LogP contribution in [0.25, 0.3) is 0 Å². The van der Waals surface area contributed by atoms with Crippen LogP contribution < -0.4 is 0 Å². The smallest absolute Gasteiger partial charge is 0.0790 e. The van der Waals surface area contributed by atoms with E-state index in [1.807, 2.05) is 12.1 Å². The van der Waals surface area contributed by atoms with Crippen LogP contribution >= 0.6 is 0 Å². The zero-order valence-corrected chi connectivity index (χ0v) is 12.6. The highest BCUT2D eigenvalue weighted by Crippen LogP contribution is 2.28. The molecular weight excluding hydrogens is 248 g/mol. The quantitative estimate of drug-likeness (QED) is 0.824. The van der Waals surface area contributed by atoms with Crippen LogP contribution in [0.2, 0.25) is 0 Å². The van der Waals surface area contributed by atoms with Crippen LogP contribution in [0.5, 0.6) is 0 Å². The monoisotopic (exact) mass is 276 g/mol. The van der Waals surface area contributed by atoms with Crippen molar-refractivity contribution in [2.45, 2.75) is 70.5 Å². The first-order chi connectivity index (χ1) is 9.70. The molecule has 0 bridgehead atoms. The molecule has 0 amide bonds. The Bertz CT molecular complexity index is 402. The molecule has 112 valence electrons. The highest BCUT2D eigenvalue weighted by atomic mass is 16.3. The topological polar surface area (TPSA) is 40.5 Å². The lowest BCUT2D eigenvalue weighted by molar-refractivity contribution is 0.0655. The van der Waals surface area contributed by atoms with Crippen LogP contribution in [0.1, 0.15) is 69.1 Å². The van der Waals surface area contributed by atoms with Crippen molar-refractivity contribution in [3.05, 3.63) is 35.4 Å². The highest BCUT2D eigenvalue weighted by molar-refractivity contribution is 5.25. The zero-order valence-electron chi connectivity index (χ0n) is 12.6. The first-order valence-corrected chi connectivity index (χ1v) is 8.15. The van der Waals surface area contributed by atoms with Crippen molar-refractivity contribution in [1.82, 2.24) is 0 Å². The third-order valence-corrected chi connectivity index (χ3v) is 4.57. The van der Waals surface area contributed by atoms with E-state index in [0.29, 0.717) is 5.92 Å². The van der Waals surface area contributed by atoms with Crippen molar-refractivity contribution in [3.8, 4) is 0 Å². The van der Waals surface area contributed by atoms with E-state index in [2.05, 4.69) is 19.1 Å². The van der Waals surface area contributed by atoms with Gasteiger partial charge in [-0.1, -0.05) is 50.5 Å². The fourth-order valence-corrected chi connectivity index (χ4v) is 3.27. The van der Waals surface area contributed by atoms with Gasteiger partial charge in [0.2, 0.25) is 0 Å². The lowest BCUT2D eigenvalue weighted by atomic mass is 9.83. The van der Waals surface area contributed by atoms with Crippen LogP contribution in [-0.4, -0.2) is 16.3 Å². The Balaban J connectivity index is 1.90. The average molecular weight is 276 g/mol. The minimum absolute atomic E-state index is 0.0994. The SMILES string of the molecule is CCCC(O)c1cccc(CCC2CCCCC2O)c1. The van der Waals surface area contributed by atoms with E-state index in [4.69, 9.17) is 0 Å². The normalized spacial score (nSPS) is 24.6. The summed E-state index contributed by atoms with van der Waals surface area (Å²) in [6.45, 7) is 2.09. The minimum atomic E-state index is -0.333. The second-order valence-electron chi connectivity index (χ2n) is 6.20. The Morgan fingerprint density at radius 3 is 2.80 bits per heavy atom. The van der Waals surface area contributed by atoms with Gasteiger partial charge in [-0.25, -0.2) is 0 Å². The predicted molar refractivity (Wildman–Crippen MR) is 82.6 cm³/mol. The van der Waals surface area contributed by atoms with Crippen molar-refractivity contribution >= 4 is 0 Å². The molecule has 1 aliphatic carbocycles. The molecule has 0 aromatic heterocycles. The molecule has 0 aliphatic heterocycles. The number of rotatable bonds is 6. The van der Waals surface area contributed by atoms with E-state index in [-0.39, 0.29) is 12.2 Å². The van der Waals surface area contributed by atoms with Gasteiger partial charge in [-0.15, -0.1) is 0 Å². The van der Waals surface area contributed by atoms with Crippen molar-refractivity contribution in [3.63, 3.8) is 0 Å². The van der Waals surface area contributed by atoms with Gasteiger partial charge in [-0.05, 0) is 49.1 Å². The molecule has 1 aromatic rings. The molecule has 1 aliphatic rings. The van der Waals surface area contributed by atoms with Crippen molar-refractivity contribution in [1.29, 1.82) is 0 Å². The summed E-state index contributed by atoms with van der Waals surface area (Å²) in [7, 11) is 0. The summed E-state index contributed by atoms with van der Waals surface area (Å²) in [5, 5.41) is 20.1. The van der Waals surface area contributed by atoms with Gasteiger partial charge in [-0.3, -0.25) is 0 Å². The van der Waals surface area contributed by atoms with Gasteiger partial charge in [-0.2, -0.15) is 0 Å². The largest absolute Gasteiger partial charge is 0.393 e. The molecule has 0 saturated heterocycles. The van der Waals surface area contributed by atoms with E-state index in [9.17, 15) is 10.2 Å². The van der Waals surface area contributed by atoms with Gasteiger partial charge in [0.05, 0.1) is 12.2 Å². The summed E-state index contributed by atoms with van der Waals surface area (Å²) in [4.78, 5) is 0. The van der Waals surface area contributed by atoms with Gasteiger partial charge in [0.1, 0.15) is 0 Å². The molecule has 2 heteroatoms. The second-order valence-corrected chi connectivity index (χ2v) is 6.20. The Labute approximate surface area is 122 Å². The summed E-state index contributed by atoms with van der Waals surface area (Å²) >= 11 is 0. The number of aliphatic hydroxyl groups is 2. The second kappa shape index (κ2) is 7.80. The van der Waals surface area contributed by atoms with Crippen LogP contribution in [-0.2, 0) is 6.42 Å². The molecule has 0 radical (unpaired) electrons. The maximum absolute atomic E-state index is 10.1. The molecule has 20 heavy (non-hydrogen) atoms. The Kier molecular flexibility index (Phi) is 6.06. The fourth-order valence-electron chi connectivity index (χ4n) is 3.27. The van der Waals surface area contributed by atoms with Gasteiger partial charge < -0.3 is 10.2 Å². The third-order valence-electron chi connectivity index (χ3n) is 4.57. The number of benzene rings is 1. The number of hydrogen-bond donors (Lipinski definition) is 2. The Hall–Kier alpha value is -0.860. The van der Waals surface area contributed by atoms with E-state index in [1.54, 1.807) is 0 Å².